The van der Waals surface area contributed by atoms with E-state index in [2.05, 4.69) is 53.0 Å². The van der Waals surface area contributed by atoms with E-state index in [9.17, 15) is 4.79 Å². The molecule has 6 heteroatoms. The molecule has 170 valence electrons. The molecule has 6 nitrogen and oxygen atoms in total. The summed E-state index contributed by atoms with van der Waals surface area (Å²) in [5.74, 6) is 0.823. The lowest BCUT2D eigenvalue weighted by molar-refractivity contribution is 0.384. The molecular formula is C27H30N4O2. The Morgan fingerprint density at radius 1 is 1.15 bits per heavy atom. The van der Waals surface area contributed by atoms with E-state index in [0.717, 1.165) is 45.4 Å². The van der Waals surface area contributed by atoms with Gasteiger partial charge >= 0.3 is 0 Å². The molecule has 0 aliphatic rings. The molecule has 33 heavy (non-hydrogen) atoms. The molecule has 0 saturated carbocycles. The fourth-order valence-corrected chi connectivity index (χ4v) is 4.09. The smallest absolute Gasteiger partial charge is 0.260 e. The van der Waals surface area contributed by atoms with Crippen LogP contribution in [0.4, 0.5) is 0 Å². The lowest BCUT2D eigenvalue weighted by atomic mass is 10.0. The summed E-state index contributed by atoms with van der Waals surface area (Å²) in [6.07, 6.45) is 3.39. The molecule has 0 aliphatic heterocycles. The van der Waals surface area contributed by atoms with Gasteiger partial charge in [-0.05, 0) is 61.8 Å². The van der Waals surface area contributed by atoms with E-state index >= 15 is 0 Å². The van der Waals surface area contributed by atoms with Gasteiger partial charge in [0, 0.05) is 42.6 Å². The van der Waals surface area contributed by atoms with Crippen LogP contribution in [0.3, 0.4) is 0 Å². The van der Waals surface area contributed by atoms with Crippen molar-refractivity contribution in [3.05, 3.63) is 89.0 Å². The maximum atomic E-state index is 13.3. The molecular weight excluding hydrogens is 412 g/mol. The largest absolute Gasteiger partial charge is 0.497 e. The van der Waals surface area contributed by atoms with Gasteiger partial charge in [0.1, 0.15) is 5.75 Å². The summed E-state index contributed by atoms with van der Waals surface area (Å²) >= 11 is 0. The minimum absolute atomic E-state index is 0.0204. The van der Waals surface area contributed by atoms with Crippen molar-refractivity contribution < 1.29 is 4.74 Å². The monoisotopic (exact) mass is 442 g/mol. The zero-order valence-corrected chi connectivity index (χ0v) is 19.6. The molecule has 1 atom stereocenters. The number of rotatable bonds is 8. The zero-order chi connectivity index (χ0) is 23.5. The number of nitrogens with one attached hydrogen (secondary N) is 1. The van der Waals surface area contributed by atoms with Gasteiger partial charge in [-0.3, -0.25) is 9.78 Å². The van der Waals surface area contributed by atoms with Gasteiger partial charge in [0.25, 0.3) is 5.56 Å². The van der Waals surface area contributed by atoms with Crippen LogP contribution in [0.15, 0.2) is 72.3 Å². The van der Waals surface area contributed by atoms with Gasteiger partial charge in [-0.1, -0.05) is 30.8 Å². The van der Waals surface area contributed by atoms with Crippen LogP contribution in [0, 0.1) is 0 Å². The Balaban J connectivity index is 1.74. The SMILES string of the molecule is C=C(N[C@H](C)c1cccc(OC)c1)c1ccc2c3ccncc3c(=O)n(CCN(C)C)c2c1. The van der Waals surface area contributed by atoms with Crippen molar-refractivity contribution in [1.82, 2.24) is 19.8 Å². The Morgan fingerprint density at radius 3 is 2.73 bits per heavy atom. The van der Waals surface area contributed by atoms with E-state index in [-0.39, 0.29) is 11.6 Å². The van der Waals surface area contributed by atoms with Crippen molar-refractivity contribution in [3.8, 4) is 5.75 Å². The topological polar surface area (TPSA) is 59.4 Å². The second-order valence-electron chi connectivity index (χ2n) is 8.53. The minimum Gasteiger partial charge on any atom is -0.497 e. The summed E-state index contributed by atoms with van der Waals surface area (Å²) in [6.45, 7) is 7.73. The molecule has 0 saturated heterocycles. The number of methoxy groups -OCH3 is 1. The molecule has 0 unspecified atom stereocenters. The number of aromatic nitrogens is 2. The van der Waals surface area contributed by atoms with Gasteiger partial charge < -0.3 is 19.5 Å². The highest BCUT2D eigenvalue weighted by atomic mass is 16.5. The summed E-state index contributed by atoms with van der Waals surface area (Å²) in [7, 11) is 5.68. The summed E-state index contributed by atoms with van der Waals surface area (Å²) in [6, 6.07) is 16.1. The first-order chi connectivity index (χ1) is 15.9. The number of hydrogen-bond acceptors (Lipinski definition) is 5. The number of hydrogen-bond donors (Lipinski definition) is 1. The molecule has 0 amide bonds. The Kier molecular flexibility index (Phi) is 6.47. The maximum absolute atomic E-state index is 13.3. The quantitative estimate of drug-likeness (QED) is 0.409. The fraction of sp³-hybridized carbons (Fsp3) is 0.259. The highest BCUT2D eigenvalue weighted by Gasteiger charge is 2.14. The number of benzene rings is 2. The first kappa shape index (κ1) is 22.6. The third-order valence-electron chi connectivity index (χ3n) is 5.98. The predicted octanol–water partition coefficient (Wildman–Crippen LogP) is 4.44. The molecule has 1 N–H and O–H groups in total. The lowest BCUT2D eigenvalue weighted by Crippen LogP contribution is -2.27. The summed E-state index contributed by atoms with van der Waals surface area (Å²) in [5, 5.41) is 6.08. The van der Waals surface area contributed by atoms with Gasteiger partial charge in [-0.15, -0.1) is 0 Å². The molecule has 2 aromatic heterocycles. The Bertz CT molecular complexity index is 1370. The second kappa shape index (κ2) is 9.46. The Labute approximate surface area is 194 Å². The van der Waals surface area contributed by atoms with E-state index in [0.29, 0.717) is 11.9 Å². The van der Waals surface area contributed by atoms with Crippen LogP contribution in [0.1, 0.15) is 24.1 Å². The van der Waals surface area contributed by atoms with Gasteiger partial charge in [-0.25, -0.2) is 0 Å². The highest BCUT2D eigenvalue weighted by molar-refractivity contribution is 6.05. The van der Waals surface area contributed by atoms with Gasteiger partial charge in [0.05, 0.1) is 18.0 Å². The Hall–Kier alpha value is -3.64. The maximum Gasteiger partial charge on any atom is 0.260 e. The van der Waals surface area contributed by atoms with Crippen molar-refractivity contribution in [1.29, 1.82) is 0 Å². The first-order valence-electron chi connectivity index (χ1n) is 11.0. The first-order valence-corrected chi connectivity index (χ1v) is 11.0. The molecule has 0 radical (unpaired) electrons. The van der Waals surface area contributed by atoms with Crippen LogP contribution < -0.4 is 15.6 Å². The molecule has 0 bridgehead atoms. The zero-order valence-electron chi connectivity index (χ0n) is 19.6. The van der Waals surface area contributed by atoms with Crippen LogP contribution in [0.5, 0.6) is 5.75 Å². The molecule has 4 aromatic rings. The van der Waals surface area contributed by atoms with E-state index < -0.39 is 0 Å². The average Bonchev–Trinajstić information content (AvgIpc) is 2.83. The third-order valence-corrected chi connectivity index (χ3v) is 5.98. The van der Waals surface area contributed by atoms with Gasteiger partial charge in [0.15, 0.2) is 0 Å². The Morgan fingerprint density at radius 2 is 1.97 bits per heavy atom. The standard InChI is InChI=1S/C27H30N4O2/c1-18(20-7-6-8-22(15-20)33-5)29-19(2)21-9-10-24-23-11-12-28-17-25(23)27(32)31(26(24)16-21)14-13-30(3)4/h6-12,15-18,29H,2,13-14H2,1,3-5H3/t18-/m1/s1. The summed E-state index contributed by atoms with van der Waals surface area (Å²) < 4.78 is 7.20. The predicted molar refractivity (Wildman–Crippen MR) is 136 cm³/mol. The van der Waals surface area contributed by atoms with Crippen molar-refractivity contribution in [2.75, 3.05) is 27.7 Å². The number of fused-ring (bicyclic) bond motifs is 3. The van der Waals surface area contributed by atoms with Crippen molar-refractivity contribution in [3.63, 3.8) is 0 Å². The molecule has 2 aromatic carbocycles. The van der Waals surface area contributed by atoms with Crippen LogP contribution in [0.2, 0.25) is 0 Å². The van der Waals surface area contributed by atoms with Crippen molar-refractivity contribution in [2.45, 2.75) is 19.5 Å². The molecule has 0 aliphatic carbocycles. The van der Waals surface area contributed by atoms with E-state index in [4.69, 9.17) is 4.74 Å². The van der Waals surface area contributed by atoms with Gasteiger partial charge in [0.2, 0.25) is 0 Å². The normalized spacial score (nSPS) is 12.3. The average molecular weight is 443 g/mol. The molecule has 0 spiro atoms. The summed E-state index contributed by atoms with van der Waals surface area (Å²) in [5.41, 5.74) is 3.73. The lowest BCUT2D eigenvalue weighted by Gasteiger charge is -2.20. The van der Waals surface area contributed by atoms with Crippen molar-refractivity contribution in [2.24, 2.45) is 0 Å². The van der Waals surface area contributed by atoms with Crippen molar-refractivity contribution >= 4 is 27.4 Å². The second-order valence-corrected chi connectivity index (χ2v) is 8.53. The highest BCUT2D eigenvalue weighted by Crippen LogP contribution is 2.27. The molecule has 4 rings (SSSR count). The molecule has 0 fully saturated rings. The van der Waals surface area contributed by atoms with Crippen LogP contribution in [-0.2, 0) is 6.54 Å². The van der Waals surface area contributed by atoms with E-state index in [1.54, 1.807) is 19.5 Å². The fourth-order valence-electron chi connectivity index (χ4n) is 4.09. The van der Waals surface area contributed by atoms with E-state index in [1.165, 1.54) is 0 Å². The number of likely N-dealkylation sites (N-methyl/N-ethyl adjacent to an activating group) is 1. The third kappa shape index (κ3) is 4.61. The van der Waals surface area contributed by atoms with Crippen LogP contribution >= 0.6 is 0 Å². The number of ether oxygens (including phenoxy) is 1. The van der Waals surface area contributed by atoms with Crippen LogP contribution in [-0.4, -0.2) is 42.2 Å². The minimum atomic E-state index is -0.0204. The van der Waals surface area contributed by atoms with Gasteiger partial charge in [-0.2, -0.15) is 0 Å². The van der Waals surface area contributed by atoms with E-state index in [1.807, 2.05) is 42.9 Å². The molecule has 2 heterocycles. The number of nitrogens with zero attached hydrogens (tertiary/aromatic N) is 3. The summed E-state index contributed by atoms with van der Waals surface area (Å²) in [4.78, 5) is 19.6. The number of pyridine rings is 2. The van der Waals surface area contributed by atoms with Crippen LogP contribution in [0.25, 0.3) is 27.4 Å².